The Morgan fingerprint density at radius 3 is 2.38 bits per heavy atom. The van der Waals surface area contributed by atoms with Crippen molar-refractivity contribution in [2.45, 2.75) is 38.1 Å². The second-order valence-corrected chi connectivity index (χ2v) is 8.35. The molecule has 0 unspecified atom stereocenters. The summed E-state index contributed by atoms with van der Waals surface area (Å²) in [7, 11) is 0. The number of hydrogen-bond donors (Lipinski definition) is 0. The smallest absolute Gasteiger partial charge is 0.308 e. The number of ketones is 1. The van der Waals surface area contributed by atoms with Gasteiger partial charge in [-0.05, 0) is 26.0 Å². The molecule has 26 heavy (non-hydrogen) atoms. The summed E-state index contributed by atoms with van der Waals surface area (Å²) < 4.78 is 10.6. The molecule has 0 radical (unpaired) electrons. The first-order valence-corrected chi connectivity index (χ1v) is 10.1. The van der Waals surface area contributed by atoms with Gasteiger partial charge in [0.15, 0.2) is 5.78 Å². The molecule has 1 aromatic rings. The largest absolute Gasteiger partial charge is 0.465 e. The summed E-state index contributed by atoms with van der Waals surface area (Å²) in [5, 5.41) is 0. The minimum Gasteiger partial charge on any atom is -0.465 e. The zero-order valence-electron chi connectivity index (χ0n) is 16.1. The zero-order valence-corrected chi connectivity index (χ0v) is 16.9. The Balaban J connectivity index is 1.87. The van der Waals surface area contributed by atoms with E-state index in [1.165, 1.54) is 0 Å². The van der Waals surface area contributed by atoms with Gasteiger partial charge in [-0.3, -0.25) is 14.5 Å². The lowest BCUT2D eigenvalue weighted by Gasteiger charge is -2.39. The van der Waals surface area contributed by atoms with Gasteiger partial charge in [-0.25, -0.2) is 0 Å². The van der Waals surface area contributed by atoms with Crippen LogP contribution in [0.5, 0.6) is 0 Å². The fourth-order valence-corrected chi connectivity index (χ4v) is 3.52. The maximum atomic E-state index is 12.9. The first-order chi connectivity index (χ1) is 12.3. The Labute approximate surface area is 160 Å². The predicted molar refractivity (Wildman–Crippen MR) is 104 cm³/mol. The average Bonchev–Trinajstić information content (AvgIpc) is 2.65. The molecule has 0 aliphatic carbocycles. The molecule has 0 aromatic heterocycles. The third-order valence-electron chi connectivity index (χ3n) is 4.54. The lowest BCUT2D eigenvalue weighted by atomic mass is 9.91. The minimum atomic E-state index is -0.538. The van der Waals surface area contributed by atoms with Crippen molar-refractivity contribution in [1.29, 1.82) is 0 Å². The summed E-state index contributed by atoms with van der Waals surface area (Å²) in [6, 6.07) is 7.68. The summed E-state index contributed by atoms with van der Waals surface area (Å²) >= 11 is 1.61. The number of nitrogens with zero attached hydrogens (tertiary/aromatic N) is 1. The number of carbonyl (C=O) groups is 2. The van der Waals surface area contributed by atoms with Gasteiger partial charge in [0.25, 0.3) is 0 Å². The zero-order chi connectivity index (χ0) is 19.2. The van der Waals surface area contributed by atoms with Crippen LogP contribution in [0.1, 0.15) is 38.1 Å². The van der Waals surface area contributed by atoms with Crippen molar-refractivity contribution in [3.05, 3.63) is 29.8 Å². The van der Waals surface area contributed by atoms with Crippen molar-refractivity contribution in [3.8, 4) is 0 Å². The van der Waals surface area contributed by atoms with Gasteiger partial charge in [-0.1, -0.05) is 26.0 Å². The number of hydrogen-bond acceptors (Lipinski definition) is 6. The van der Waals surface area contributed by atoms with E-state index < -0.39 is 5.54 Å². The molecule has 0 N–H and O–H groups in total. The van der Waals surface area contributed by atoms with Gasteiger partial charge in [0, 0.05) is 29.3 Å². The Morgan fingerprint density at radius 2 is 1.81 bits per heavy atom. The van der Waals surface area contributed by atoms with Crippen molar-refractivity contribution >= 4 is 23.5 Å². The first kappa shape index (κ1) is 20.9. The molecule has 1 heterocycles. The topological polar surface area (TPSA) is 55.8 Å². The molecular weight excluding hydrogens is 350 g/mol. The Hall–Kier alpha value is -1.37. The van der Waals surface area contributed by atoms with Gasteiger partial charge in [-0.15, -0.1) is 11.8 Å². The van der Waals surface area contributed by atoms with E-state index >= 15 is 0 Å². The SMILES string of the molecule is CC(C)C(=O)OCCSc1ccc(C(=O)C(C)(C)N2CCOCC2)cc1. The molecular formula is C20H29NO4S. The van der Waals surface area contributed by atoms with E-state index in [0.29, 0.717) is 25.6 Å². The third-order valence-corrected chi connectivity index (χ3v) is 5.52. The van der Waals surface area contributed by atoms with Crippen LogP contribution >= 0.6 is 11.8 Å². The number of esters is 1. The molecule has 1 fully saturated rings. The lowest BCUT2D eigenvalue weighted by Crippen LogP contribution is -2.54. The van der Waals surface area contributed by atoms with Crippen LogP contribution in [0, 0.1) is 5.92 Å². The van der Waals surface area contributed by atoms with Crippen molar-refractivity contribution < 1.29 is 19.1 Å². The molecule has 0 amide bonds. The second-order valence-electron chi connectivity index (χ2n) is 7.18. The molecule has 144 valence electrons. The number of morpholine rings is 1. The molecule has 0 bridgehead atoms. The molecule has 0 saturated carbocycles. The monoisotopic (exact) mass is 379 g/mol. The normalized spacial score (nSPS) is 15.9. The number of rotatable bonds is 8. The summed E-state index contributed by atoms with van der Waals surface area (Å²) in [4.78, 5) is 27.6. The molecule has 6 heteroatoms. The van der Waals surface area contributed by atoms with Gasteiger partial charge in [0.05, 0.1) is 24.7 Å². The quantitative estimate of drug-likeness (QED) is 0.299. The molecule has 1 aromatic carbocycles. The Bertz CT molecular complexity index is 607. The number of Topliss-reactive ketones (excluding diaryl/α,β-unsaturated/α-hetero) is 1. The van der Waals surface area contributed by atoms with Gasteiger partial charge < -0.3 is 9.47 Å². The molecule has 1 aliphatic rings. The molecule has 1 aliphatic heterocycles. The highest BCUT2D eigenvalue weighted by Gasteiger charge is 2.35. The number of ether oxygens (including phenoxy) is 2. The number of thioether (sulfide) groups is 1. The standard InChI is InChI=1S/C20H29NO4S/c1-15(2)19(23)25-13-14-26-17-7-5-16(6-8-17)18(22)20(3,4)21-9-11-24-12-10-21/h5-8,15H,9-14H2,1-4H3. The summed E-state index contributed by atoms with van der Waals surface area (Å²) in [5.41, 5.74) is 0.181. The van der Waals surface area contributed by atoms with Gasteiger partial charge in [0.2, 0.25) is 0 Å². The molecule has 1 saturated heterocycles. The van der Waals surface area contributed by atoms with Crippen LogP contribution < -0.4 is 0 Å². The fraction of sp³-hybridized carbons (Fsp3) is 0.600. The van der Waals surface area contributed by atoms with Crippen LogP contribution in [-0.2, 0) is 14.3 Å². The summed E-state index contributed by atoms with van der Waals surface area (Å²) in [5.74, 6) is 0.559. The Kier molecular flexibility index (Phi) is 7.68. The third kappa shape index (κ3) is 5.56. The highest BCUT2D eigenvalue weighted by atomic mass is 32.2. The van der Waals surface area contributed by atoms with Crippen molar-refractivity contribution in [2.75, 3.05) is 38.7 Å². The van der Waals surface area contributed by atoms with E-state index in [-0.39, 0.29) is 17.7 Å². The summed E-state index contributed by atoms with van der Waals surface area (Å²) in [6.07, 6.45) is 0. The van der Waals surface area contributed by atoms with Crippen LogP contribution in [-0.4, -0.2) is 60.9 Å². The number of carbonyl (C=O) groups excluding carboxylic acids is 2. The van der Waals surface area contributed by atoms with Crippen LogP contribution in [0.2, 0.25) is 0 Å². The summed E-state index contributed by atoms with van der Waals surface area (Å²) in [6.45, 7) is 10.9. The van der Waals surface area contributed by atoms with Crippen LogP contribution in [0.4, 0.5) is 0 Å². The van der Waals surface area contributed by atoms with Gasteiger partial charge in [0.1, 0.15) is 6.61 Å². The number of benzene rings is 1. The highest BCUT2D eigenvalue weighted by Crippen LogP contribution is 2.24. The maximum Gasteiger partial charge on any atom is 0.308 e. The van der Waals surface area contributed by atoms with Crippen molar-refractivity contribution in [3.63, 3.8) is 0 Å². The van der Waals surface area contributed by atoms with E-state index in [2.05, 4.69) is 4.90 Å². The van der Waals surface area contributed by atoms with Crippen LogP contribution in [0.3, 0.4) is 0 Å². The van der Waals surface area contributed by atoms with Gasteiger partial charge >= 0.3 is 5.97 Å². The van der Waals surface area contributed by atoms with E-state index in [0.717, 1.165) is 23.5 Å². The van der Waals surface area contributed by atoms with E-state index in [9.17, 15) is 9.59 Å². The van der Waals surface area contributed by atoms with Crippen LogP contribution in [0.15, 0.2) is 29.2 Å². The Morgan fingerprint density at radius 1 is 1.19 bits per heavy atom. The molecule has 0 atom stereocenters. The first-order valence-electron chi connectivity index (χ1n) is 9.09. The second kappa shape index (κ2) is 9.53. The molecule has 2 rings (SSSR count). The van der Waals surface area contributed by atoms with E-state index in [4.69, 9.17) is 9.47 Å². The fourth-order valence-electron chi connectivity index (χ4n) is 2.79. The molecule has 5 nitrogen and oxygen atoms in total. The van der Waals surface area contributed by atoms with E-state index in [1.807, 2.05) is 52.0 Å². The van der Waals surface area contributed by atoms with Gasteiger partial charge in [-0.2, -0.15) is 0 Å². The average molecular weight is 380 g/mol. The van der Waals surface area contributed by atoms with Crippen molar-refractivity contribution in [2.24, 2.45) is 5.92 Å². The lowest BCUT2D eigenvalue weighted by molar-refractivity contribution is -0.146. The molecule has 0 spiro atoms. The minimum absolute atomic E-state index is 0.0971. The van der Waals surface area contributed by atoms with E-state index in [1.54, 1.807) is 11.8 Å². The van der Waals surface area contributed by atoms with Crippen molar-refractivity contribution in [1.82, 2.24) is 4.90 Å². The van der Waals surface area contributed by atoms with Crippen LogP contribution in [0.25, 0.3) is 0 Å². The predicted octanol–water partition coefficient (Wildman–Crippen LogP) is 3.27. The maximum absolute atomic E-state index is 12.9. The highest BCUT2D eigenvalue weighted by molar-refractivity contribution is 7.99.